The van der Waals surface area contributed by atoms with Crippen LogP contribution in [0.2, 0.25) is 5.02 Å². The van der Waals surface area contributed by atoms with Crippen molar-refractivity contribution in [1.29, 1.82) is 0 Å². The molecule has 0 aliphatic carbocycles. The number of benzene rings is 2. The van der Waals surface area contributed by atoms with Gasteiger partial charge in [0.1, 0.15) is 17.7 Å². The summed E-state index contributed by atoms with van der Waals surface area (Å²) in [6, 6.07) is 9.26. The Bertz CT molecular complexity index is 697. The van der Waals surface area contributed by atoms with E-state index in [0.717, 1.165) is 23.8 Å². The molecule has 0 amide bonds. The molecule has 2 aromatic carbocycles. The van der Waals surface area contributed by atoms with Crippen LogP contribution >= 0.6 is 11.6 Å². The molecule has 2 nitrogen and oxygen atoms in total. The average molecular weight is 291 g/mol. The highest BCUT2D eigenvalue weighted by Crippen LogP contribution is 2.30. The molecule has 102 valence electrons. The molecule has 1 aliphatic heterocycles. The number of rotatable bonds is 2. The molecule has 0 spiro atoms. The lowest BCUT2D eigenvalue weighted by Gasteiger charge is -2.05. The molecule has 0 saturated carbocycles. The molecule has 20 heavy (non-hydrogen) atoms. The molecule has 0 aromatic heterocycles. The molecule has 0 bridgehead atoms. The Balaban J connectivity index is 1.97. The summed E-state index contributed by atoms with van der Waals surface area (Å²) in [5.41, 5.74) is 1.47. The summed E-state index contributed by atoms with van der Waals surface area (Å²) in [5.74, 6) is -0.153. The Morgan fingerprint density at radius 1 is 1.30 bits per heavy atom. The van der Waals surface area contributed by atoms with E-state index < -0.39 is 5.82 Å². The second-order valence-corrected chi connectivity index (χ2v) is 5.34. The third-order valence-electron chi connectivity index (χ3n) is 3.33. The Hall–Kier alpha value is -1.87. The summed E-state index contributed by atoms with van der Waals surface area (Å²) in [6.07, 6.45) is 0.877. The van der Waals surface area contributed by atoms with E-state index in [1.165, 1.54) is 12.1 Å². The van der Waals surface area contributed by atoms with E-state index in [0.29, 0.717) is 5.56 Å². The number of fused-ring (bicyclic) bond motifs is 1. The van der Waals surface area contributed by atoms with E-state index in [1.54, 1.807) is 18.2 Å². The second-order valence-electron chi connectivity index (χ2n) is 4.91. The minimum atomic E-state index is -0.604. The third kappa shape index (κ3) is 2.29. The lowest BCUT2D eigenvalue weighted by atomic mass is 9.99. The normalized spacial score (nSPS) is 16.6. The van der Waals surface area contributed by atoms with E-state index in [2.05, 4.69) is 0 Å². The molecule has 2 aromatic rings. The van der Waals surface area contributed by atoms with Gasteiger partial charge in [-0.05, 0) is 48.9 Å². The molecular weight excluding hydrogens is 279 g/mol. The van der Waals surface area contributed by atoms with Crippen molar-refractivity contribution in [3.63, 3.8) is 0 Å². The van der Waals surface area contributed by atoms with E-state index in [1.807, 2.05) is 6.92 Å². The van der Waals surface area contributed by atoms with Crippen LogP contribution < -0.4 is 4.74 Å². The first-order valence-corrected chi connectivity index (χ1v) is 6.72. The zero-order valence-corrected chi connectivity index (χ0v) is 11.6. The lowest BCUT2D eigenvalue weighted by molar-refractivity contribution is 0.103. The molecule has 1 unspecified atom stereocenters. The number of halogens is 2. The molecule has 4 heteroatoms. The summed E-state index contributed by atoms with van der Waals surface area (Å²) < 4.78 is 19.4. The van der Waals surface area contributed by atoms with Crippen molar-refractivity contribution in [3.8, 4) is 5.75 Å². The highest BCUT2D eigenvalue weighted by atomic mass is 35.5. The number of hydrogen-bond acceptors (Lipinski definition) is 2. The van der Waals surface area contributed by atoms with Gasteiger partial charge in [-0.2, -0.15) is 0 Å². The van der Waals surface area contributed by atoms with Gasteiger partial charge in [-0.25, -0.2) is 4.39 Å². The van der Waals surface area contributed by atoms with Crippen LogP contribution in [0.4, 0.5) is 4.39 Å². The average Bonchev–Trinajstić information content (AvgIpc) is 2.77. The topological polar surface area (TPSA) is 26.3 Å². The first-order valence-electron chi connectivity index (χ1n) is 6.34. The van der Waals surface area contributed by atoms with E-state index in [-0.39, 0.29) is 22.5 Å². The van der Waals surface area contributed by atoms with Gasteiger partial charge in [-0.3, -0.25) is 4.79 Å². The highest BCUT2D eigenvalue weighted by molar-refractivity contribution is 6.30. The maximum absolute atomic E-state index is 13.8. The van der Waals surface area contributed by atoms with Crippen LogP contribution in [-0.4, -0.2) is 11.9 Å². The van der Waals surface area contributed by atoms with Crippen molar-refractivity contribution in [1.82, 2.24) is 0 Å². The predicted octanol–water partition coefficient (Wildman–Crippen LogP) is 4.03. The fraction of sp³-hybridized carbons (Fsp3) is 0.188. The Morgan fingerprint density at radius 2 is 2.10 bits per heavy atom. The van der Waals surface area contributed by atoms with Gasteiger partial charge in [0.05, 0.1) is 5.56 Å². The van der Waals surface area contributed by atoms with Gasteiger partial charge in [0.2, 0.25) is 0 Å². The molecule has 0 saturated heterocycles. The Kier molecular flexibility index (Phi) is 3.22. The highest BCUT2D eigenvalue weighted by Gasteiger charge is 2.21. The Morgan fingerprint density at radius 3 is 2.85 bits per heavy atom. The summed E-state index contributed by atoms with van der Waals surface area (Å²) >= 11 is 5.69. The smallest absolute Gasteiger partial charge is 0.195 e. The van der Waals surface area contributed by atoms with Crippen LogP contribution in [0.3, 0.4) is 0 Å². The van der Waals surface area contributed by atoms with Crippen LogP contribution in [0, 0.1) is 5.82 Å². The molecule has 1 aliphatic rings. The number of hydrogen-bond donors (Lipinski definition) is 0. The molecule has 3 rings (SSSR count). The summed E-state index contributed by atoms with van der Waals surface area (Å²) in [4.78, 5) is 12.3. The van der Waals surface area contributed by atoms with Crippen LogP contribution in [0.25, 0.3) is 0 Å². The molecule has 0 N–H and O–H groups in total. The van der Waals surface area contributed by atoms with Gasteiger partial charge in [-0.1, -0.05) is 11.6 Å². The summed E-state index contributed by atoms with van der Waals surface area (Å²) in [7, 11) is 0. The fourth-order valence-electron chi connectivity index (χ4n) is 2.39. The van der Waals surface area contributed by atoms with Crippen molar-refractivity contribution in [2.75, 3.05) is 0 Å². The van der Waals surface area contributed by atoms with Gasteiger partial charge in [-0.15, -0.1) is 0 Å². The van der Waals surface area contributed by atoms with Crippen LogP contribution in [0.15, 0.2) is 36.4 Å². The number of carbonyl (C=O) groups is 1. The maximum atomic E-state index is 13.8. The van der Waals surface area contributed by atoms with E-state index >= 15 is 0 Å². The Labute approximate surface area is 121 Å². The van der Waals surface area contributed by atoms with Gasteiger partial charge in [0.15, 0.2) is 5.78 Å². The number of ether oxygens (including phenoxy) is 1. The monoisotopic (exact) mass is 290 g/mol. The van der Waals surface area contributed by atoms with Crippen molar-refractivity contribution in [2.45, 2.75) is 19.4 Å². The zero-order valence-electron chi connectivity index (χ0n) is 10.8. The minimum Gasteiger partial charge on any atom is -0.490 e. The molecule has 1 heterocycles. The SMILES string of the molecule is CC1Cc2cc(C(=O)c3ccc(Cl)cc3F)ccc2O1. The molecule has 1 atom stereocenters. The lowest BCUT2D eigenvalue weighted by Crippen LogP contribution is -2.05. The van der Waals surface area contributed by atoms with Crippen molar-refractivity contribution in [2.24, 2.45) is 0 Å². The van der Waals surface area contributed by atoms with Crippen molar-refractivity contribution in [3.05, 3.63) is 63.9 Å². The van der Waals surface area contributed by atoms with Crippen molar-refractivity contribution >= 4 is 17.4 Å². The van der Waals surface area contributed by atoms with Crippen molar-refractivity contribution < 1.29 is 13.9 Å². The quantitative estimate of drug-likeness (QED) is 0.781. The summed E-state index contributed by atoms with van der Waals surface area (Å²) in [5, 5.41) is 0.273. The maximum Gasteiger partial charge on any atom is 0.195 e. The third-order valence-corrected chi connectivity index (χ3v) is 3.57. The summed E-state index contributed by atoms with van der Waals surface area (Å²) in [6.45, 7) is 1.97. The minimum absolute atomic E-state index is 0.0290. The van der Waals surface area contributed by atoms with Crippen LogP contribution in [0.5, 0.6) is 5.75 Å². The largest absolute Gasteiger partial charge is 0.490 e. The van der Waals surface area contributed by atoms with Gasteiger partial charge < -0.3 is 4.74 Å². The van der Waals surface area contributed by atoms with E-state index in [9.17, 15) is 9.18 Å². The van der Waals surface area contributed by atoms with Gasteiger partial charge >= 0.3 is 0 Å². The van der Waals surface area contributed by atoms with Crippen LogP contribution in [-0.2, 0) is 6.42 Å². The number of carbonyl (C=O) groups excluding carboxylic acids is 1. The number of ketones is 1. The van der Waals surface area contributed by atoms with Gasteiger partial charge in [0, 0.05) is 17.0 Å². The molecule has 0 fully saturated rings. The predicted molar refractivity (Wildman–Crippen MR) is 75.1 cm³/mol. The first-order chi connectivity index (χ1) is 9.54. The standard InChI is InChI=1S/C16H12ClFO2/c1-9-6-11-7-10(2-5-15(11)20-9)16(19)13-4-3-12(17)8-14(13)18/h2-5,7-9H,6H2,1H3. The zero-order chi connectivity index (χ0) is 14.3. The first kappa shape index (κ1) is 13.1. The van der Waals surface area contributed by atoms with Gasteiger partial charge in [0.25, 0.3) is 0 Å². The van der Waals surface area contributed by atoms with E-state index in [4.69, 9.17) is 16.3 Å². The second kappa shape index (κ2) is 4.91. The fourth-order valence-corrected chi connectivity index (χ4v) is 2.55. The molecular formula is C16H12ClFO2. The molecule has 0 radical (unpaired) electrons. The van der Waals surface area contributed by atoms with Crippen LogP contribution in [0.1, 0.15) is 28.4 Å².